The summed E-state index contributed by atoms with van der Waals surface area (Å²) in [5.41, 5.74) is 12.7. The first-order valence-electron chi connectivity index (χ1n) is 7.00. The molecule has 1 aromatic rings. The smallest absolute Gasteiger partial charge is 0.231 e. The minimum Gasteiger partial charge on any atom is -0.454 e. The number of fused-ring (bicyclic) bond motifs is 1. The highest BCUT2D eigenvalue weighted by Crippen LogP contribution is 2.32. The van der Waals surface area contributed by atoms with Gasteiger partial charge >= 0.3 is 0 Å². The zero-order chi connectivity index (χ0) is 14.7. The Hall–Kier alpha value is -2.15. The third kappa shape index (κ3) is 3.73. The fraction of sp³-hybridized carbons (Fsp3) is 0.429. The first kappa shape index (κ1) is 16.2. The van der Waals surface area contributed by atoms with Gasteiger partial charge in [-0.3, -0.25) is 0 Å². The quantitative estimate of drug-likeness (QED) is 0.626. The number of benzene rings is 1. The Morgan fingerprint density at radius 3 is 2.64 bits per heavy atom. The van der Waals surface area contributed by atoms with Crippen LogP contribution in [-0.2, 0) is 6.54 Å². The first-order valence-corrected chi connectivity index (χ1v) is 7.00. The highest BCUT2D eigenvalue weighted by atomic mass is 35.5. The molecule has 7 nitrogen and oxygen atoms in total. The van der Waals surface area contributed by atoms with Crippen LogP contribution in [0.1, 0.15) is 18.4 Å². The molecule has 2 aliphatic heterocycles. The summed E-state index contributed by atoms with van der Waals surface area (Å²) >= 11 is 0. The number of rotatable bonds is 2. The van der Waals surface area contributed by atoms with Gasteiger partial charge in [-0.05, 0) is 30.5 Å². The van der Waals surface area contributed by atoms with E-state index < -0.39 is 0 Å². The van der Waals surface area contributed by atoms with Crippen LogP contribution in [0.3, 0.4) is 0 Å². The molecule has 0 aromatic heterocycles. The molecular formula is C14H20ClN5O2. The molecule has 1 fully saturated rings. The van der Waals surface area contributed by atoms with Gasteiger partial charge in [0.15, 0.2) is 17.5 Å². The van der Waals surface area contributed by atoms with Gasteiger partial charge in [0.25, 0.3) is 0 Å². The summed E-state index contributed by atoms with van der Waals surface area (Å²) < 4.78 is 10.6. The molecule has 2 heterocycles. The predicted octanol–water partition coefficient (Wildman–Crippen LogP) is 1.06. The zero-order valence-electron chi connectivity index (χ0n) is 12.2. The second kappa shape index (κ2) is 7.22. The molecule has 0 bridgehead atoms. The van der Waals surface area contributed by atoms with Crippen molar-refractivity contribution in [3.8, 4) is 11.5 Å². The van der Waals surface area contributed by atoms with Crippen molar-refractivity contribution in [3.05, 3.63) is 23.8 Å². The van der Waals surface area contributed by atoms with Crippen LogP contribution in [0.15, 0.2) is 28.2 Å². The lowest BCUT2D eigenvalue weighted by Crippen LogP contribution is -2.36. The molecule has 3 rings (SSSR count). The van der Waals surface area contributed by atoms with E-state index in [1.807, 2.05) is 23.1 Å². The Bertz CT molecular complexity index is 585. The number of nitrogens with two attached hydrogens (primary N) is 2. The van der Waals surface area contributed by atoms with E-state index in [9.17, 15) is 0 Å². The summed E-state index contributed by atoms with van der Waals surface area (Å²) in [6.45, 7) is 2.57. The molecule has 0 radical (unpaired) electrons. The molecule has 120 valence electrons. The van der Waals surface area contributed by atoms with Gasteiger partial charge in [-0.15, -0.1) is 12.4 Å². The molecule has 0 unspecified atom stereocenters. The van der Waals surface area contributed by atoms with Crippen molar-refractivity contribution in [2.24, 2.45) is 21.5 Å². The van der Waals surface area contributed by atoms with E-state index in [0.29, 0.717) is 12.5 Å². The molecule has 0 spiro atoms. The molecule has 4 N–H and O–H groups in total. The van der Waals surface area contributed by atoms with Crippen molar-refractivity contribution in [3.63, 3.8) is 0 Å². The van der Waals surface area contributed by atoms with Crippen LogP contribution in [0.4, 0.5) is 0 Å². The average molecular weight is 326 g/mol. The summed E-state index contributed by atoms with van der Waals surface area (Å²) in [5, 5.41) is 0. The van der Waals surface area contributed by atoms with Crippen molar-refractivity contribution in [2.45, 2.75) is 19.4 Å². The number of ether oxygens (including phenoxy) is 2. The highest BCUT2D eigenvalue weighted by Gasteiger charge is 2.14. The van der Waals surface area contributed by atoms with Gasteiger partial charge in [-0.2, -0.15) is 4.99 Å². The molecule has 8 heteroatoms. The van der Waals surface area contributed by atoms with Crippen LogP contribution in [0.2, 0.25) is 0 Å². The van der Waals surface area contributed by atoms with E-state index in [1.54, 1.807) is 0 Å². The molecule has 0 saturated carbocycles. The number of likely N-dealkylation sites (tertiary alicyclic amines) is 1. The molecule has 2 aliphatic rings. The third-order valence-electron chi connectivity index (χ3n) is 3.52. The van der Waals surface area contributed by atoms with Crippen molar-refractivity contribution in [1.82, 2.24) is 4.90 Å². The minimum absolute atomic E-state index is 0. The Morgan fingerprint density at radius 1 is 1.14 bits per heavy atom. The standard InChI is InChI=1S/C14H19N5O2.ClH/c15-13(18-14(16)19-5-1-2-6-19)17-8-10-3-4-11-12(7-10)21-9-20-11;/h3-4,7H,1-2,5-6,8-9H2,(H4,15,16,17,18);1H. The minimum atomic E-state index is 0. The summed E-state index contributed by atoms with van der Waals surface area (Å²) in [7, 11) is 0. The lowest BCUT2D eigenvalue weighted by molar-refractivity contribution is 0.174. The molecule has 0 atom stereocenters. The lowest BCUT2D eigenvalue weighted by atomic mass is 10.2. The van der Waals surface area contributed by atoms with Gasteiger partial charge in [0, 0.05) is 13.1 Å². The maximum absolute atomic E-state index is 5.90. The molecular weight excluding hydrogens is 306 g/mol. The summed E-state index contributed by atoms with van der Waals surface area (Å²) in [6.07, 6.45) is 2.29. The second-order valence-electron chi connectivity index (χ2n) is 5.03. The normalized spacial score (nSPS) is 17.5. The number of guanidine groups is 2. The largest absolute Gasteiger partial charge is 0.454 e. The monoisotopic (exact) mass is 325 g/mol. The predicted molar refractivity (Wildman–Crippen MR) is 87.6 cm³/mol. The fourth-order valence-corrected chi connectivity index (χ4v) is 2.38. The van der Waals surface area contributed by atoms with E-state index in [4.69, 9.17) is 20.9 Å². The molecule has 0 aliphatic carbocycles. The van der Waals surface area contributed by atoms with Crippen molar-refractivity contribution >= 4 is 24.3 Å². The van der Waals surface area contributed by atoms with E-state index in [2.05, 4.69) is 9.98 Å². The van der Waals surface area contributed by atoms with Crippen LogP contribution in [0.25, 0.3) is 0 Å². The fourth-order valence-electron chi connectivity index (χ4n) is 2.38. The van der Waals surface area contributed by atoms with E-state index >= 15 is 0 Å². The molecule has 1 saturated heterocycles. The van der Waals surface area contributed by atoms with Gasteiger partial charge in [-0.25, -0.2) is 4.99 Å². The Morgan fingerprint density at radius 2 is 1.86 bits per heavy atom. The Kier molecular flexibility index (Phi) is 5.32. The number of halogens is 1. The van der Waals surface area contributed by atoms with Crippen LogP contribution in [0, 0.1) is 0 Å². The molecule has 1 aromatic carbocycles. The number of nitrogens with zero attached hydrogens (tertiary/aromatic N) is 3. The van der Waals surface area contributed by atoms with Crippen LogP contribution in [-0.4, -0.2) is 36.7 Å². The van der Waals surface area contributed by atoms with Gasteiger partial charge in [-0.1, -0.05) is 6.07 Å². The first-order chi connectivity index (χ1) is 10.2. The number of aliphatic imine (C=N–C) groups is 2. The third-order valence-corrected chi connectivity index (χ3v) is 3.52. The maximum atomic E-state index is 5.90. The summed E-state index contributed by atoms with van der Waals surface area (Å²) in [6, 6.07) is 5.69. The Labute approximate surface area is 135 Å². The summed E-state index contributed by atoms with van der Waals surface area (Å²) in [5.74, 6) is 2.13. The van der Waals surface area contributed by atoms with E-state index in [-0.39, 0.29) is 25.2 Å². The van der Waals surface area contributed by atoms with Gasteiger partial charge < -0.3 is 25.8 Å². The maximum Gasteiger partial charge on any atom is 0.231 e. The lowest BCUT2D eigenvalue weighted by Gasteiger charge is -2.15. The van der Waals surface area contributed by atoms with Crippen molar-refractivity contribution < 1.29 is 9.47 Å². The van der Waals surface area contributed by atoms with Gasteiger partial charge in [0.1, 0.15) is 0 Å². The van der Waals surface area contributed by atoms with Gasteiger partial charge in [0.05, 0.1) is 6.54 Å². The van der Waals surface area contributed by atoms with Crippen molar-refractivity contribution in [1.29, 1.82) is 0 Å². The Balaban J connectivity index is 0.00000176. The molecule has 0 amide bonds. The van der Waals surface area contributed by atoms with Crippen LogP contribution >= 0.6 is 12.4 Å². The zero-order valence-corrected chi connectivity index (χ0v) is 13.0. The van der Waals surface area contributed by atoms with E-state index in [1.165, 1.54) is 0 Å². The number of hydrogen-bond acceptors (Lipinski definition) is 3. The van der Waals surface area contributed by atoms with Gasteiger partial charge in [0.2, 0.25) is 12.8 Å². The number of hydrogen-bond donors (Lipinski definition) is 2. The van der Waals surface area contributed by atoms with E-state index in [0.717, 1.165) is 43.0 Å². The highest BCUT2D eigenvalue weighted by molar-refractivity contribution is 5.93. The SMILES string of the molecule is Cl.NC(=NCc1ccc2c(c1)OCO2)N=C(N)N1CCCC1. The topological polar surface area (TPSA) is 98.5 Å². The average Bonchev–Trinajstić information content (AvgIpc) is 3.15. The molecule has 22 heavy (non-hydrogen) atoms. The summed E-state index contributed by atoms with van der Waals surface area (Å²) in [4.78, 5) is 10.4. The van der Waals surface area contributed by atoms with Crippen LogP contribution < -0.4 is 20.9 Å². The van der Waals surface area contributed by atoms with Crippen molar-refractivity contribution in [2.75, 3.05) is 19.9 Å². The second-order valence-corrected chi connectivity index (χ2v) is 5.03. The van der Waals surface area contributed by atoms with Crippen LogP contribution in [0.5, 0.6) is 11.5 Å².